The van der Waals surface area contributed by atoms with E-state index in [0.29, 0.717) is 16.4 Å². The van der Waals surface area contributed by atoms with Gasteiger partial charge in [0.1, 0.15) is 5.15 Å². The van der Waals surface area contributed by atoms with Crippen LogP contribution in [0.5, 0.6) is 0 Å². The molecule has 0 bridgehead atoms. The largest absolute Gasteiger partial charge is 0.453 e. The molecule has 0 saturated carbocycles. The zero-order valence-corrected chi connectivity index (χ0v) is 9.45. The Labute approximate surface area is 96.2 Å². The smallest absolute Gasteiger partial charge is 0.412 e. The monoisotopic (exact) mass is 240 g/mol. The van der Waals surface area contributed by atoms with E-state index in [9.17, 15) is 4.79 Å². The predicted octanol–water partition coefficient (Wildman–Crippen LogP) is 1.80. The molecule has 2 aromatic rings. The van der Waals surface area contributed by atoms with E-state index in [4.69, 9.17) is 11.6 Å². The Morgan fingerprint density at radius 3 is 3.06 bits per heavy atom. The summed E-state index contributed by atoms with van der Waals surface area (Å²) in [5.41, 5.74) is 0.784. The van der Waals surface area contributed by atoms with Crippen LogP contribution in [0.15, 0.2) is 12.3 Å². The lowest BCUT2D eigenvalue weighted by molar-refractivity contribution is 0.187. The number of aromatic nitrogens is 3. The first-order valence-corrected chi connectivity index (χ1v) is 4.83. The van der Waals surface area contributed by atoms with E-state index in [-0.39, 0.29) is 0 Å². The molecule has 7 heteroatoms. The molecule has 16 heavy (non-hydrogen) atoms. The van der Waals surface area contributed by atoms with E-state index in [2.05, 4.69) is 20.1 Å². The van der Waals surface area contributed by atoms with Crippen molar-refractivity contribution in [3.63, 3.8) is 0 Å². The maximum absolute atomic E-state index is 11.1. The summed E-state index contributed by atoms with van der Waals surface area (Å²) in [5.74, 6) is 0.397. The number of hydrogen-bond acceptors (Lipinski definition) is 4. The van der Waals surface area contributed by atoms with Gasteiger partial charge >= 0.3 is 6.09 Å². The SMILES string of the molecule is COC(=O)Nc1nn(C)c2cc(Cl)ncc12. The molecule has 0 aliphatic heterocycles. The fraction of sp³-hybridized carbons (Fsp3) is 0.222. The topological polar surface area (TPSA) is 69.0 Å². The average molecular weight is 241 g/mol. The van der Waals surface area contributed by atoms with Crippen molar-refractivity contribution in [1.29, 1.82) is 0 Å². The molecule has 0 unspecified atom stereocenters. The number of hydrogen-bond donors (Lipinski definition) is 1. The van der Waals surface area contributed by atoms with Crippen molar-refractivity contribution in [2.24, 2.45) is 7.05 Å². The summed E-state index contributed by atoms with van der Waals surface area (Å²) in [5, 5.41) is 7.70. The molecule has 0 fully saturated rings. The number of methoxy groups -OCH3 is 1. The van der Waals surface area contributed by atoms with Crippen molar-refractivity contribution in [3.05, 3.63) is 17.4 Å². The molecule has 1 N–H and O–H groups in total. The van der Waals surface area contributed by atoms with Gasteiger partial charge in [0, 0.05) is 19.3 Å². The van der Waals surface area contributed by atoms with Crippen LogP contribution in [0, 0.1) is 0 Å². The number of amides is 1. The van der Waals surface area contributed by atoms with Crippen LogP contribution in [0.25, 0.3) is 10.9 Å². The van der Waals surface area contributed by atoms with Crippen LogP contribution in [-0.4, -0.2) is 28.0 Å². The van der Waals surface area contributed by atoms with Gasteiger partial charge in [0.15, 0.2) is 5.82 Å². The molecule has 0 aliphatic carbocycles. The zero-order chi connectivity index (χ0) is 11.7. The normalized spacial score (nSPS) is 10.4. The van der Waals surface area contributed by atoms with Gasteiger partial charge in [-0.1, -0.05) is 11.6 Å². The molecule has 0 spiro atoms. The Kier molecular flexibility index (Phi) is 2.66. The molecule has 0 saturated heterocycles. The molecule has 1 amide bonds. The molecule has 0 atom stereocenters. The number of nitrogens with one attached hydrogen (secondary N) is 1. The van der Waals surface area contributed by atoms with E-state index in [1.807, 2.05) is 0 Å². The van der Waals surface area contributed by atoms with Crippen LogP contribution >= 0.6 is 11.6 Å². The summed E-state index contributed by atoms with van der Waals surface area (Å²) >= 11 is 5.77. The highest BCUT2D eigenvalue weighted by Gasteiger charge is 2.12. The summed E-state index contributed by atoms with van der Waals surface area (Å²) in [4.78, 5) is 15.0. The predicted molar refractivity (Wildman–Crippen MR) is 59.5 cm³/mol. The molecule has 84 valence electrons. The van der Waals surface area contributed by atoms with Crippen molar-refractivity contribution in [3.8, 4) is 0 Å². The first kappa shape index (κ1) is 10.7. The van der Waals surface area contributed by atoms with Crippen molar-refractivity contribution in [2.45, 2.75) is 0 Å². The molecule has 2 heterocycles. The van der Waals surface area contributed by atoms with Crippen LogP contribution in [0.3, 0.4) is 0 Å². The maximum Gasteiger partial charge on any atom is 0.412 e. The molecular formula is C9H9ClN4O2. The number of halogens is 1. The molecule has 2 aromatic heterocycles. The zero-order valence-electron chi connectivity index (χ0n) is 8.69. The number of carbonyl (C=O) groups excluding carboxylic acids is 1. The third-order valence-electron chi connectivity index (χ3n) is 2.11. The highest BCUT2D eigenvalue weighted by atomic mass is 35.5. The third kappa shape index (κ3) is 1.79. The van der Waals surface area contributed by atoms with Crippen LogP contribution < -0.4 is 5.32 Å². The lowest BCUT2D eigenvalue weighted by Gasteiger charge is -1.98. The minimum Gasteiger partial charge on any atom is -0.453 e. The van der Waals surface area contributed by atoms with Crippen molar-refractivity contribution >= 4 is 34.4 Å². The second-order valence-electron chi connectivity index (χ2n) is 3.11. The molecule has 2 rings (SSSR count). The number of fused-ring (bicyclic) bond motifs is 1. The summed E-state index contributed by atoms with van der Waals surface area (Å²) in [7, 11) is 3.04. The molecule has 0 aliphatic rings. The van der Waals surface area contributed by atoms with Crippen LogP contribution in [0.2, 0.25) is 5.15 Å². The Hall–Kier alpha value is -1.82. The second kappa shape index (κ2) is 3.97. The Morgan fingerprint density at radius 1 is 1.62 bits per heavy atom. The Bertz CT molecular complexity index is 552. The first-order chi connectivity index (χ1) is 7.61. The fourth-order valence-electron chi connectivity index (χ4n) is 1.37. The number of aryl methyl sites for hydroxylation is 1. The van der Waals surface area contributed by atoms with E-state index >= 15 is 0 Å². The second-order valence-corrected chi connectivity index (χ2v) is 3.50. The number of ether oxygens (including phenoxy) is 1. The van der Waals surface area contributed by atoms with E-state index in [1.165, 1.54) is 7.11 Å². The fourth-order valence-corrected chi connectivity index (χ4v) is 1.52. The van der Waals surface area contributed by atoms with Gasteiger partial charge in [-0.25, -0.2) is 9.78 Å². The highest BCUT2D eigenvalue weighted by molar-refractivity contribution is 6.30. The van der Waals surface area contributed by atoms with Crippen LogP contribution in [-0.2, 0) is 11.8 Å². The lowest BCUT2D eigenvalue weighted by Crippen LogP contribution is -2.11. The Balaban J connectivity index is 2.51. The van der Waals surface area contributed by atoms with Crippen LogP contribution in [0.4, 0.5) is 10.6 Å². The summed E-state index contributed by atoms with van der Waals surface area (Å²) in [6.07, 6.45) is 0.977. The summed E-state index contributed by atoms with van der Waals surface area (Å²) in [6, 6.07) is 1.67. The highest BCUT2D eigenvalue weighted by Crippen LogP contribution is 2.23. The number of pyridine rings is 1. The number of anilines is 1. The molecule has 6 nitrogen and oxygen atoms in total. The average Bonchev–Trinajstić information content (AvgIpc) is 2.55. The van der Waals surface area contributed by atoms with Gasteiger partial charge < -0.3 is 4.74 Å². The van der Waals surface area contributed by atoms with Gasteiger partial charge in [-0.2, -0.15) is 5.10 Å². The van der Waals surface area contributed by atoms with Gasteiger partial charge in [0.25, 0.3) is 0 Å². The van der Waals surface area contributed by atoms with Crippen molar-refractivity contribution < 1.29 is 9.53 Å². The minimum atomic E-state index is -0.574. The van der Waals surface area contributed by atoms with E-state index < -0.39 is 6.09 Å². The van der Waals surface area contributed by atoms with Gasteiger partial charge in [-0.3, -0.25) is 10.00 Å². The molecular weight excluding hydrogens is 232 g/mol. The van der Waals surface area contributed by atoms with Gasteiger partial charge in [0.2, 0.25) is 0 Å². The number of carbonyl (C=O) groups is 1. The third-order valence-corrected chi connectivity index (χ3v) is 2.32. The minimum absolute atomic E-state index is 0.375. The van der Waals surface area contributed by atoms with Gasteiger partial charge in [-0.15, -0.1) is 0 Å². The standard InChI is InChI=1S/C9H9ClN4O2/c1-14-6-3-7(10)11-4-5(6)8(13-14)12-9(15)16-2/h3-4H,1-2H3,(H,12,13,15). The maximum atomic E-state index is 11.1. The first-order valence-electron chi connectivity index (χ1n) is 4.45. The molecule has 0 radical (unpaired) electrons. The Morgan fingerprint density at radius 2 is 2.38 bits per heavy atom. The lowest BCUT2D eigenvalue weighted by atomic mass is 10.3. The van der Waals surface area contributed by atoms with E-state index in [1.54, 1.807) is 24.0 Å². The van der Waals surface area contributed by atoms with Crippen molar-refractivity contribution in [1.82, 2.24) is 14.8 Å². The number of rotatable bonds is 1. The van der Waals surface area contributed by atoms with Crippen molar-refractivity contribution in [2.75, 3.05) is 12.4 Å². The summed E-state index contributed by atoms with van der Waals surface area (Å²) < 4.78 is 6.10. The van der Waals surface area contributed by atoms with Gasteiger partial charge in [0.05, 0.1) is 18.0 Å². The number of nitrogens with zero attached hydrogens (tertiary/aromatic N) is 3. The molecule has 0 aromatic carbocycles. The quantitative estimate of drug-likeness (QED) is 0.772. The van der Waals surface area contributed by atoms with E-state index in [0.717, 1.165) is 5.52 Å². The summed E-state index contributed by atoms with van der Waals surface area (Å²) in [6.45, 7) is 0. The van der Waals surface area contributed by atoms with Gasteiger partial charge in [-0.05, 0) is 0 Å². The van der Waals surface area contributed by atoms with Crippen LogP contribution in [0.1, 0.15) is 0 Å².